The molecule has 0 saturated heterocycles. The normalized spacial score (nSPS) is 10.2. The van der Waals surface area contributed by atoms with E-state index in [2.05, 4.69) is 9.97 Å². The van der Waals surface area contributed by atoms with E-state index in [-0.39, 0.29) is 5.97 Å². The first-order chi connectivity index (χ1) is 8.22. The molecule has 0 aliphatic heterocycles. The number of carbonyl (C=O) groups excluding carboxylic acids is 1. The first-order valence-electron chi connectivity index (χ1n) is 5.50. The van der Waals surface area contributed by atoms with E-state index in [0.717, 1.165) is 16.8 Å². The lowest BCUT2D eigenvalue weighted by Gasteiger charge is -2.04. The topological polar surface area (TPSA) is 55.0 Å². The second-order valence-electron chi connectivity index (χ2n) is 3.68. The van der Waals surface area contributed by atoms with Gasteiger partial charge in [-0.3, -0.25) is 4.98 Å². The molecular formula is C13H14N2O2. The van der Waals surface area contributed by atoms with Crippen molar-refractivity contribution in [2.24, 2.45) is 0 Å². The fourth-order valence-corrected chi connectivity index (χ4v) is 1.61. The first-order valence-corrected chi connectivity index (χ1v) is 5.50. The summed E-state index contributed by atoms with van der Waals surface area (Å²) in [4.78, 5) is 18.8. The highest BCUT2D eigenvalue weighted by Crippen LogP contribution is 2.22. The van der Waals surface area contributed by atoms with Crippen LogP contribution in [0.1, 0.15) is 23.1 Å². The molecule has 0 aliphatic rings. The maximum Gasteiger partial charge on any atom is 0.355 e. The molecule has 0 aromatic carbocycles. The molecule has 4 heteroatoms. The number of hydrogen-bond acceptors (Lipinski definition) is 3. The highest BCUT2D eigenvalue weighted by molar-refractivity contribution is 5.95. The molecule has 88 valence electrons. The van der Waals surface area contributed by atoms with Crippen LogP contribution in [0.15, 0.2) is 30.6 Å². The summed E-state index contributed by atoms with van der Waals surface area (Å²) in [7, 11) is 0. The van der Waals surface area contributed by atoms with E-state index in [4.69, 9.17) is 4.74 Å². The summed E-state index contributed by atoms with van der Waals surface area (Å²) in [5, 5.41) is 0. The quantitative estimate of drug-likeness (QED) is 0.824. The van der Waals surface area contributed by atoms with Gasteiger partial charge in [0.25, 0.3) is 0 Å². The third-order valence-corrected chi connectivity index (χ3v) is 2.45. The molecule has 2 aromatic rings. The van der Waals surface area contributed by atoms with Crippen LogP contribution in [-0.4, -0.2) is 22.5 Å². The van der Waals surface area contributed by atoms with Crippen LogP contribution in [0.5, 0.6) is 0 Å². The van der Waals surface area contributed by atoms with Gasteiger partial charge >= 0.3 is 5.97 Å². The van der Waals surface area contributed by atoms with Gasteiger partial charge < -0.3 is 9.72 Å². The highest BCUT2D eigenvalue weighted by atomic mass is 16.5. The fraction of sp³-hybridized carbons (Fsp3) is 0.231. The Labute approximate surface area is 99.7 Å². The molecule has 0 amide bonds. The summed E-state index contributed by atoms with van der Waals surface area (Å²) in [6.07, 6.45) is 3.47. The molecule has 2 rings (SSSR count). The number of nitrogens with one attached hydrogen (secondary N) is 1. The molecule has 17 heavy (non-hydrogen) atoms. The smallest absolute Gasteiger partial charge is 0.355 e. The molecule has 0 fully saturated rings. The van der Waals surface area contributed by atoms with E-state index in [9.17, 15) is 4.79 Å². The number of aryl methyl sites for hydroxylation is 1. The van der Waals surface area contributed by atoms with Gasteiger partial charge in [0.2, 0.25) is 0 Å². The van der Waals surface area contributed by atoms with E-state index >= 15 is 0 Å². The summed E-state index contributed by atoms with van der Waals surface area (Å²) in [5.41, 5.74) is 3.13. The van der Waals surface area contributed by atoms with Crippen molar-refractivity contribution in [1.82, 2.24) is 9.97 Å². The Balaban J connectivity index is 2.36. The van der Waals surface area contributed by atoms with E-state index in [0.29, 0.717) is 12.3 Å². The Kier molecular flexibility index (Phi) is 3.23. The number of carbonyl (C=O) groups is 1. The number of esters is 1. The van der Waals surface area contributed by atoms with Crippen molar-refractivity contribution in [3.63, 3.8) is 0 Å². The number of ether oxygens (including phenoxy) is 1. The van der Waals surface area contributed by atoms with Gasteiger partial charge in [-0.15, -0.1) is 0 Å². The molecule has 2 heterocycles. The summed E-state index contributed by atoms with van der Waals surface area (Å²) in [6.45, 7) is 4.07. The first kappa shape index (κ1) is 11.4. The minimum Gasteiger partial charge on any atom is -0.461 e. The second kappa shape index (κ2) is 4.82. The molecular weight excluding hydrogens is 216 g/mol. The molecule has 0 radical (unpaired) electrons. The van der Waals surface area contributed by atoms with Gasteiger partial charge in [-0.2, -0.15) is 0 Å². The Hall–Kier alpha value is -2.10. The molecule has 4 nitrogen and oxygen atoms in total. The van der Waals surface area contributed by atoms with Crippen molar-refractivity contribution in [1.29, 1.82) is 0 Å². The maximum absolute atomic E-state index is 11.7. The lowest BCUT2D eigenvalue weighted by molar-refractivity contribution is 0.0521. The molecule has 0 saturated carbocycles. The molecule has 0 unspecified atom stereocenters. The van der Waals surface area contributed by atoms with Crippen molar-refractivity contribution < 1.29 is 9.53 Å². The summed E-state index contributed by atoms with van der Waals surface area (Å²) in [5.74, 6) is -0.340. The molecule has 0 aliphatic carbocycles. The number of aromatic nitrogens is 2. The van der Waals surface area contributed by atoms with E-state index < -0.39 is 0 Å². The predicted molar refractivity (Wildman–Crippen MR) is 64.7 cm³/mol. The number of H-pyrrole nitrogens is 1. The summed E-state index contributed by atoms with van der Waals surface area (Å²) in [6, 6.07) is 5.70. The SMILES string of the molecule is CCOC(=O)c1[nH]ccc1-c1ccc(C)nc1. The van der Waals surface area contributed by atoms with Crippen molar-refractivity contribution >= 4 is 5.97 Å². The van der Waals surface area contributed by atoms with Crippen molar-refractivity contribution in [2.45, 2.75) is 13.8 Å². The number of pyridine rings is 1. The van der Waals surface area contributed by atoms with E-state index in [1.807, 2.05) is 25.1 Å². The van der Waals surface area contributed by atoms with Gasteiger partial charge in [-0.1, -0.05) is 6.07 Å². The monoisotopic (exact) mass is 230 g/mol. The number of rotatable bonds is 3. The van der Waals surface area contributed by atoms with Crippen molar-refractivity contribution in [3.8, 4) is 11.1 Å². The Bertz CT molecular complexity index is 514. The van der Waals surface area contributed by atoms with Crippen LogP contribution in [0.25, 0.3) is 11.1 Å². The average Bonchev–Trinajstić information content (AvgIpc) is 2.79. The largest absolute Gasteiger partial charge is 0.461 e. The molecule has 1 N–H and O–H groups in total. The van der Waals surface area contributed by atoms with Crippen LogP contribution < -0.4 is 0 Å². The van der Waals surface area contributed by atoms with Crippen molar-refractivity contribution in [2.75, 3.05) is 6.61 Å². The molecule has 2 aromatic heterocycles. The third kappa shape index (κ3) is 2.36. The van der Waals surface area contributed by atoms with E-state index in [1.165, 1.54) is 0 Å². The molecule has 0 atom stereocenters. The summed E-state index contributed by atoms with van der Waals surface area (Å²) < 4.78 is 4.98. The minimum atomic E-state index is -0.340. The van der Waals surface area contributed by atoms with Crippen LogP contribution in [0.2, 0.25) is 0 Å². The Morgan fingerprint density at radius 3 is 2.88 bits per heavy atom. The average molecular weight is 230 g/mol. The van der Waals surface area contributed by atoms with Gasteiger partial charge in [-0.25, -0.2) is 4.79 Å². The second-order valence-corrected chi connectivity index (χ2v) is 3.68. The zero-order valence-corrected chi connectivity index (χ0v) is 9.86. The molecule has 0 spiro atoms. The Morgan fingerprint density at radius 2 is 2.24 bits per heavy atom. The van der Waals surface area contributed by atoms with Crippen molar-refractivity contribution in [3.05, 3.63) is 42.0 Å². The van der Waals surface area contributed by atoms with Gasteiger partial charge in [-0.05, 0) is 26.0 Å². The third-order valence-electron chi connectivity index (χ3n) is 2.45. The van der Waals surface area contributed by atoms with Crippen LogP contribution >= 0.6 is 0 Å². The zero-order chi connectivity index (χ0) is 12.3. The van der Waals surface area contributed by atoms with Gasteiger partial charge in [0.1, 0.15) is 5.69 Å². The number of hydrogen-bond donors (Lipinski definition) is 1. The van der Waals surface area contributed by atoms with Crippen LogP contribution in [0.3, 0.4) is 0 Å². The standard InChI is InChI=1S/C13H14N2O2/c1-3-17-13(16)12-11(6-7-14-12)10-5-4-9(2)15-8-10/h4-8,14H,3H2,1-2H3. The Morgan fingerprint density at radius 1 is 1.41 bits per heavy atom. The zero-order valence-electron chi connectivity index (χ0n) is 9.86. The number of nitrogens with zero attached hydrogens (tertiary/aromatic N) is 1. The van der Waals surface area contributed by atoms with Crippen LogP contribution in [0, 0.1) is 6.92 Å². The molecule has 0 bridgehead atoms. The van der Waals surface area contributed by atoms with Gasteiger partial charge in [0.15, 0.2) is 0 Å². The lowest BCUT2D eigenvalue weighted by atomic mass is 10.1. The van der Waals surface area contributed by atoms with Gasteiger partial charge in [0.05, 0.1) is 6.61 Å². The van der Waals surface area contributed by atoms with Crippen LogP contribution in [-0.2, 0) is 4.74 Å². The lowest BCUT2D eigenvalue weighted by Crippen LogP contribution is -2.06. The fourth-order valence-electron chi connectivity index (χ4n) is 1.61. The number of aromatic amines is 1. The maximum atomic E-state index is 11.7. The van der Waals surface area contributed by atoms with E-state index in [1.54, 1.807) is 19.3 Å². The minimum absolute atomic E-state index is 0.340. The van der Waals surface area contributed by atoms with Gasteiger partial charge in [0, 0.05) is 29.2 Å². The highest BCUT2D eigenvalue weighted by Gasteiger charge is 2.14. The van der Waals surface area contributed by atoms with Crippen LogP contribution in [0.4, 0.5) is 0 Å². The summed E-state index contributed by atoms with van der Waals surface area (Å²) >= 11 is 0. The predicted octanol–water partition coefficient (Wildman–Crippen LogP) is 2.56.